The van der Waals surface area contributed by atoms with Crippen LogP contribution in [0.3, 0.4) is 0 Å². The minimum Gasteiger partial charge on any atom is -0.497 e. The lowest BCUT2D eigenvalue weighted by atomic mass is 10.1. The maximum atomic E-state index is 12.7. The standard InChI is InChI=1S/C24H22N4O2/c1-17-7-6-10-19(15-17)23-26-22(24(29)25-16-18-8-4-3-5-9-18)27-28(23)20-11-13-21(30-2)14-12-20/h3-15H,16H2,1-2H3,(H,25,29). The molecule has 1 N–H and O–H groups in total. The molecular formula is C24H22N4O2. The maximum absolute atomic E-state index is 12.7. The Bertz CT molecular complexity index is 1150. The molecule has 0 aliphatic rings. The molecule has 0 saturated heterocycles. The van der Waals surface area contributed by atoms with Crippen LogP contribution in [0.25, 0.3) is 17.1 Å². The number of carbonyl (C=O) groups excluding carboxylic acids is 1. The van der Waals surface area contributed by atoms with Crippen molar-refractivity contribution in [3.8, 4) is 22.8 Å². The average molecular weight is 398 g/mol. The third kappa shape index (κ3) is 4.22. The zero-order chi connectivity index (χ0) is 20.9. The quantitative estimate of drug-likeness (QED) is 0.529. The van der Waals surface area contributed by atoms with Gasteiger partial charge in [0.2, 0.25) is 5.82 Å². The van der Waals surface area contributed by atoms with E-state index < -0.39 is 0 Å². The van der Waals surface area contributed by atoms with Crippen molar-refractivity contribution in [3.05, 3.63) is 95.8 Å². The van der Waals surface area contributed by atoms with Gasteiger partial charge in [-0.1, -0.05) is 54.1 Å². The first-order chi connectivity index (χ1) is 14.6. The Kier molecular flexibility index (Phi) is 5.57. The normalized spacial score (nSPS) is 10.6. The first kappa shape index (κ1) is 19.4. The lowest BCUT2D eigenvalue weighted by Crippen LogP contribution is -2.24. The number of benzene rings is 3. The van der Waals surface area contributed by atoms with Crippen molar-refractivity contribution in [2.24, 2.45) is 0 Å². The van der Waals surface area contributed by atoms with E-state index in [2.05, 4.69) is 15.4 Å². The van der Waals surface area contributed by atoms with Gasteiger partial charge in [-0.15, -0.1) is 5.10 Å². The molecule has 1 heterocycles. The second kappa shape index (κ2) is 8.61. The van der Waals surface area contributed by atoms with Crippen LogP contribution in [-0.2, 0) is 6.54 Å². The minimum atomic E-state index is -0.319. The second-order valence-corrected chi connectivity index (χ2v) is 6.91. The molecule has 6 nitrogen and oxygen atoms in total. The van der Waals surface area contributed by atoms with Gasteiger partial charge < -0.3 is 10.1 Å². The van der Waals surface area contributed by atoms with E-state index in [-0.39, 0.29) is 11.7 Å². The molecule has 1 amide bonds. The molecule has 0 spiro atoms. The van der Waals surface area contributed by atoms with Gasteiger partial charge in [0.15, 0.2) is 5.82 Å². The molecule has 0 radical (unpaired) electrons. The summed E-state index contributed by atoms with van der Waals surface area (Å²) in [6.45, 7) is 2.43. The highest BCUT2D eigenvalue weighted by atomic mass is 16.5. The van der Waals surface area contributed by atoms with Gasteiger partial charge in [-0.3, -0.25) is 4.79 Å². The first-order valence-electron chi connectivity index (χ1n) is 9.65. The highest BCUT2D eigenvalue weighted by Crippen LogP contribution is 2.23. The van der Waals surface area contributed by atoms with Crippen LogP contribution in [0, 0.1) is 6.92 Å². The Morgan fingerprint density at radius 3 is 2.47 bits per heavy atom. The number of hydrogen-bond acceptors (Lipinski definition) is 4. The monoisotopic (exact) mass is 398 g/mol. The van der Waals surface area contributed by atoms with Crippen molar-refractivity contribution in [2.45, 2.75) is 13.5 Å². The number of nitrogens with zero attached hydrogens (tertiary/aromatic N) is 3. The second-order valence-electron chi connectivity index (χ2n) is 6.91. The van der Waals surface area contributed by atoms with Gasteiger partial charge in [-0.25, -0.2) is 9.67 Å². The summed E-state index contributed by atoms with van der Waals surface area (Å²) in [7, 11) is 1.62. The summed E-state index contributed by atoms with van der Waals surface area (Å²) in [5, 5.41) is 7.40. The van der Waals surface area contributed by atoms with Crippen LogP contribution in [0.4, 0.5) is 0 Å². The molecule has 4 rings (SSSR count). The fraction of sp³-hybridized carbons (Fsp3) is 0.125. The average Bonchev–Trinajstić information content (AvgIpc) is 3.24. The number of aromatic nitrogens is 3. The third-order valence-electron chi connectivity index (χ3n) is 4.70. The Morgan fingerprint density at radius 1 is 1.00 bits per heavy atom. The van der Waals surface area contributed by atoms with Crippen LogP contribution in [0.15, 0.2) is 78.9 Å². The number of ether oxygens (including phenoxy) is 1. The lowest BCUT2D eigenvalue weighted by molar-refractivity contribution is 0.0940. The first-order valence-corrected chi connectivity index (χ1v) is 9.65. The van der Waals surface area contributed by atoms with E-state index in [0.29, 0.717) is 12.4 Å². The lowest BCUT2D eigenvalue weighted by Gasteiger charge is -2.07. The molecule has 30 heavy (non-hydrogen) atoms. The van der Waals surface area contributed by atoms with Crippen molar-refractivity contribution >= 4 is 5.91 Å². The summed E-state index contributed by atoms with van der Waals surface area (Å²) < 4.78 is 6.93. The van der Waals surface area contributed by atoms with Gasteiger partial charge in [0.05, 0.1) is 12.8 Å². The Hall–Kier alpha value is -3.93. The molecule has 0 unspecified atom stereocenters. The van der Waals surface area contributed by atoms with Gasteiger partial charge in [0.25, 0.3) is 5.91 Å². The Morgan fingerprint density at radius 2 is 1.77 bits per heavy atom. The molecule has 1 aromatic heterocycles. The number of hydrogen-bond donors (Lipinski definition) is 1. The molecule has 4 aromatic rings. The topological polar surface area (TPSA) is 69.0 Å². The van der Waals surface area contributed by atoms with Crippen molar-refractivity contribution < 1.29 is 9.53 Å². The Balaban J connectivity index is 1.68. The fourth-order valence-corrected chi connectivity index (χ4v) is 3.14. The summed E-state index contributed by atoms with van der Waals surface area (Å²) in [4.78, 5) is 17.3. The van der Waals surface area contributed by atoms with Gasteiger partial charge in [0, 0.05) is 12.1 Å². The van der Waals surface area contributed by atoms with E-state index in [4.69, 9.17) is 4.74 Å². The zero-order valence-electron chi connectivity index (χ0n) is 16.9. The smallest absolute Gasteiger partial charge is 0.291 e. The van der Waals surface area contributed by atoms with Crippen LogP contribution < -0.4 is 10.1 Å². The van der Waals surface area contributed by atoms with Crippen LogP contribution in [-0.4, -0.2) is 27.8 Å². The molecule has 0 atom stereocenters. The van der Waals surface area contributed by atoms with Gasteiger partial charge in [-0.2, -0.15) is 0 Å². The van der Waals surface area contributed by atoms with Gasteiger partial charge >= 0.3 is 0 Å². The van der Waals surface area contributed by atoms with Crippen LogP contribution in [0.1, 0.15) is 21.7 Å². The SMILES string of the molecule is COc1ccc(-n2nc(C(=O)NCc3ccccc3)nc2-c2cccc(C)c2)cc1. The number of aryl methyl sites for hydroxylation is 1. The molecule has 0 saturated carbocycles. The van der Waals surface area contributed by atoms with Crippen LogP contribution in [0.2, 0.25) is 0 Å². The molecule has 150 valence electrons. The summed E-state index contributed by atoms with van der Waals surface area (Å²) in [6, 6.07) is 25.2. The fourth-order valence-electron chi connectivity index (χ4n) is 3.14. The third-order valence-corrected chi connectivity index (χ3v) is 4.70. The highest BCUT2D eigenvalue weighted by molar-refractivity contribution is 5.91. The number of carbonyl (C=O) groups is 1. The van der Waals surface area contributed by atoms with Crippen LogP contribution in [0.5, 0.6) is 5.75 Å². The summed E-state index contributed by atoms with van der Waals surface area (Å²) in [5.41, 5.74) is 3.80. The maximum Gasteiger partial charge on any atom is 0.291 e. The van der Waals surface area contributed by atoms with E-state index in [9.17, 15) is 4.79 Å². The van der Waals surface area contributed by atoms with E-state index in [1.807, 2.05) is 85.8 Å². The molecule has 6 heteroatoms. The predicted molar refractivity (Wildman–Crippen MR) is 116 cm³/mol. The molecule has 0 fully saturated rings. The molecule has 0 aliphatic carbocycles. The van der Waals surface area contributed by atoms with E-state index in [1.54, 1.807) is 11.8 Å². The number of amides is 1. The van der Waals surface area contributed by atoms with E-state index in [1.165, 1.54) is 0 Å². The number of nitrogens with one attached hydrogen (secondary N) is 1. The zero-order valence-corrected chi connectivity index (χ0v) is 16.9. The number of rotatable bonds is 6. The molecular weight excluding hydrogens is 376 g/mol. The van der Waals surface area contributed by atoms with Crippen molar-refractivity contribution in [3.63, 3.8) is 0 Å². The van der Waals surface area contributed by atoms with Crippen molar-refractivity contribution in [2.75, 3.05) is 7.11 Å². The van der Waals surface area contributed by atoms with Crippen LogP contribution >= 0.6 is 0 Å². The molecule has 3 aromatic carbocycles. The Labute approximate surface area is 175 Å². The minimum absolute atomic E-state index is 0.123. The summed E-state index contributed by atoms with van der Waals surface area (Å²) >= 11 is 0. The molecule has 0 bridgehead atoms. The van der Waals surface area contributed by atoms with E-state index >= 15 is 0 Å². The highest BCUT2D eigenvalue weighted by Gasteiger charge is 2.19. The van der Waals surface area contributed by atoms with Crippen molar-refractivity contribution in [1.29, 1.82) is 0 Å². The largest absolute Gasteiger partial charge is 0.497 e. The van der Waals surface area contributed by atoms with Gasteiger partial charge in [0.1, 0.15) is 5.75 Å². The number of methoxy groups -OCH3 is 1. The summed E-state index contributed by atoms with van der Waals surface area (Å²) in [5.74, 6) is 1.16. The summed E-state index contributed by atoms with van der Waals surface area (Å²) in [6.07, 6.45) is 0. The predicted octanol–water partition coefficient (Wildman–Crippen LogP) is 4.18. The van der Waals surface area contributed by atoms with E-state index in [0.717, 1.165) is 28.1 Å². The van der Waals surface area contributed by atoms with Crippen molar-refractivity contribution in [1.82, 2.24) is 20.1 Å². The van der Waals surface area contributed by atoms with Gasteiger partial charge in [-0.05, 0) is 42.8 Å². The molecule has 0 aliphatic heterocycles.